The second-order valence-corrected chi connectivity index (χ2v) is 5.94. The second-order valence-electron chi connectivity index (χ2n) is 5.94. The minimum Gasteiger partial charge on any atom is -0.550 e. The molecular formula is C16H29NO4. The summed E-state index contributed by atoms with van der Waals surface area (Å²) in [4.78, 5) is 21.4. The zero-order valence-corrected chi connectivity index (χ0v) is 13.6. The normalized spacial score (nSPS) is 11.8. The molecule has 0 saturated carbocycles. The van der Waals surface area contributed by atoms with Crippen molar-refractivity contribution in [3.05, 3.63) is 12.2 Å². The van der Waals surface area contributed by atoms with E-state index in [4.69, 9.17) is 4.74 Å². The maximum atomic E-state index is 11.1. The van der Waals surface area contributed by atoms with Crippen molar-refractivity contribution in [2.24, 2.45) is 0 Å². The van der Waals surface area contributed by atoms with E-state index in [1.807, 2.05) is 0 Å². The first-order valence-electron chi connectivity index (χ1n) is 7.68. The lowest BCUT2D eigenvalue weighted by Gasteiger charge is -2.29. The highest BCUT2D eigenvalue weighted by Gasteiger charge is 2.14. The van der Waals surface area contributed by atoms with E-state index < -0.39 is 5.97 Å². The molecule has 0 atom stereocenters. The van der Waals surface area contributed by atoms with E-state index in [-0.39, 0.29) is 12.4 Å². The summed E-state index contributed by atoms with van der Waals surface area (Å²) < 4.78 is 5.95. The summed E-state index contributed by atoms with van der Waals surface area (Å²) in [6, 6.07) is 0. The summed E-state index contributed by atoms with van der Waals surface area (Å²) >= 11 is 0. The van der Waals surface area contributed by atoms with Gasteiger partial charge in [-0.3, -0.25) is 0 Å². The molecule has 0 aliphatic heterocycles. The SMILES string of the molecule is CC=CC(=O)OCCC[N+](C)(C)CCCCCCC(=O)[O-]. The molecule has 0 heterocycles. The fourth-order valence-corrected chi connectivity index (χ4v) is 2.12. The summed E-state index contributed by atoms with van der Waals surface area (Å²) in [5.74, 6) is -1.24. The Morgan fingerprint density at radius 2 is 1.67 bits per heavy atom. The van der Waals surface area contributed by atoms with Gasteiger partial charge in [-0.2, -0.15) is 0 Å². The van der Waals surface area contributed by atoms with Gasteiger partial charge < -0.3 is 19.1 Å². The lowest BCUT2D eigenvalue weighted by Crippen LogP contribution is -2.41. The standard InChI is InChI=1S/C16H29NO4/c1-4-10-16(20)21-14-9-13-17(2,3)12-8-6-5-7-11-15(18)19/h4,10H,5-9,11-14H2,1-3H3. The molecule has 0 aliphatic rings. The molecule has 0 aliphatic carbocycles. The molecule has 0 radical (unpaired) electrons. The largest absolute Gasteiger partial charge is 0.550 e. The molecule has 0 unspecified atom stereocenters. The maximum absolute atomic E-state index is 11.1. The van der Waals surface area contributed by atoms with Crippen molar-refractivity contribution in [3.63, 3.8) is 0 Å². The van der Waals surface area contributed by atoms with Gasteiger partial charge in [-0.05, 0) is 32.6 Å². The molecule has 0 spiro atoms. The number of hydrogen-bond donors (Lipinski definition) is 0. The number of rotatable bonds is 12. The van der Waals surface area contributed by atoms with Crippen molar-refractivity contribution in [1.82, 2.24) is 0 Å². The number of carboxylic acid groups (broad SMARTS) is 1. The number of allylic oxidation sites excluding steroid dienone is 1. The summed E-state index contributed by atoms with van der Waals surface area (Å²) in [6.45, 7) is 4.25. The van der Waals surface area contributed by atoms with Gasteiger partial charge in [0.1, 0.15) is 0 Å². The fraction of sp³-hybridized carbons (Fsp3) is 0.750. The van der Waals surface area contributed by atoms with Gasteiger partial charge in [0, 0.05) is 18.5 Å². The van der Waals surface area contributed by atoms with Gasteiger partial charge >= 0.3 is 5.97 Å². The maximum Gasteiger partial charge on any atom is 0.330 e. The molecule has 0 bridgehead atoms. The molecular weight excluding hydrogens is 270 g/mol. The first-order chi connectivity index (χ1) is 9.87. The van der Waals surface area contributed by atoms with Crippen LogP contribution in [0, 0.1) is 0 Å². The zero-order chi connectivity index (χ0) is 16.1. The molecule has 122 valence electrons. The number of esters is 1. The van der Waals surface area contributed by atoms with Crippen LogP contribution in [0.2, 0.25) is 0 Å². The number of unbranched alkanes of at least 4 members (excludes halogenated alkanes) is 3. The molecule has 21 heavy (non-hydrogen) atoms. The van der Waals surface area contributed by atoms with Gasteiger partial charge in [-0.1, -0.05) is 12.5 Å². The zero-order valence-electron chi connectivity index (χ0n) is 13.6. The first-order valence-corrected chi connectivity index (χ1v) is 7.68. The van der Waals surface area contributed by atoms with E-state index in [0.29, 0.717) is 13.0 Å². The summed E-state index contributed by atoms with van der Waals surface area (Å²) in [6.07, 6.45) is 7.88. The Hall–Kier alpha value is -1.36. The Morgan fingerprint density at radius 3 is 2.29 bits per heavy atom. The molecule has 0 aromatic rings. The van der Waals surface area contributed by atoms with Crippen LogP contribution in [0.3, 0.4) is 0 Å². The van der Waals surface area contributed by atoms with E-state index in [2.05, 4.69) is 14.1 Å². The van der Waals surface area contributed by atoms with Crippen molar-refractivity contribution < 1.29 is 23.9 Å². The van der Waals surface area contributed by atoms with Crippen LogP contribution in [0.15, 0.2) is 12.2 Å². The van der Waals surface area contributed by atoms with Crippen molar-refractivity contribution >= 4 is 11.9 Å². The quantitative estimate of drug-likeness (QED) is 0.236. The van der Waals surface area contributed by atoms with Gasteiger partial charge in [0.2, 0.25) is 0 Å². The Kier molecular flexibility index (Phi) is 10.6. The van der Waals surface area contributed by atoms with Crippen molar-refractivity contribution in [2.45, 2.75) is 45.4 Å². The monoisotopic (exact) mass is 299 g/mol. The van der Waals surface area contributed by atoms with E-state index in [0.717, 1.165) is 43.3 Å². The third-order valence-electron chi connectivity index (χ3n) is 3.35. The third kappa shape index (κ3) is 13.4. The van der Waals surface area contributed by atoms with Crippen LogP contribution in [0.5, 0.6) is 0 Å². The summed E-state index contributed by atoms with van der Waals surface area (Å²) in [5.41, 5.74) is 0. The number of carbonyl (C=O) groups excluding carboxylic acids is 2. The average molecular weight is 299 g/mol. The van der Waals surface area contributed by atoms with Crippen LogP contribution in [-0.2, 0) is 14.3 Å². The van der Waals surface area contributed by atoms with Gasteiger partial charge in [0.05, 0.1) is 33.8 Å². The Balaban J connectivity index is 3.60. The molecule has 0 fully saturated rings. The van der Waals surface area contributed by atoms with E-state index >= 15 is 0 Å². The van der Waals surface area contributed by atoms with E-state index in [1.54, 1.807) is 13.0 Å². The Bertz CT molecular complexity index is 337. The lowest BCUT2D eigenvalue weighted by molar-refractivity contribution is -0.890. The summed E-state index contributed by atoms with van der Waals surface area (Å²) in [7, 11) is 4.32. The predicted molar refractivity (Wildman–Crippen MR) is 80.3 cm³/mol. The van der Waals surface area contributed by atoms with E-state index in [9.17, 15) is 14.7 Å². The summed E-state index contributed by atoms with van der Waals surface area (Å²) in [5, 5.41) is 10.3. The van der Waals surface area contributed by atoms with E-state index in [1.165, 1.54) is 6.08 Å². The molecule has 0 aromatic heterocycles. The van der Waals surface area contributed by atoms with Crippen LogP contribution in [0.4, 0.5) is 0 Å². The number of quaternary nitrogens is 1. The highest BCUT2D eigenvalue weighted by Crippen LogP contribution is 2.07. The topological polar surface area (TPSA) is 66.4 Å². The van der Waals surface area contributed by atoms with Gasteiger partial charge in [0.15, 0.2) is 0 Å². The van der Waals surface area contributed by atoms with Crippen LogP contribution in [-0.4, -0.2) is 50.2 Å². The van der Waals surface area contributed by atoms with Crippen LogP contribution < -0.4 is 5.11 Å². The Labute approximate surface area is 128 Å². The molecule has 0 rings (SSSR count). The molecule has 0 N–H and O–H groups in total. The molecule has 5 heteroatoms. The smallest absolute Gasteiger partial charge is 0.330 e. The van der Waals surface area contributed by atoms with Crippen LogP contribution >= 0.6 is 0 Å². The molecule has 0 saturated heterocycles. The second kappa shape index (κ2) is 11.3. The fourth-order valence-electron chi connectivity index (χ4n) is 2.12. The van der Waals surface area contributed by atoms with Crippen LogP contribution in [0.25, 0.3) is 0 Å². The number of nitrogens with zero attached hydrogens (tertiary/aromatic N) is 1. The molecule has 0 amide bonds. The number of carboxylic acids is 1. The highest BCUT2D eigenvalue weighted by atomic mass is 16.5. The molecule has 0 aromatic carbocycles. The number of hydrogen-bond acceptors (Lipinski definition) is 4. The van der Waals surface area contributed by atoms with Crippen molar-refractivity contribution in [3.8, 4) is 0 Å². The lowest BCUT2D eigenvalue weighted by atomic mass is 10.1. The highest BCUT2D eigenvalue weighted by molar-refractivity contribution is 5.81. The minimum atomic E-state index is -0.960. The van der Waals surface area contributed by atoms with Gasteiger partial charge in [0.25, 0.3) is 0 Å². The predicted octanol–water partition coefficient (Wildman–Crippen LogP) is 1.27. The van der Waals surface area contributed by atoms with Crippen LogP contribution in [0.1, 0.15) is 45.4 Å². The molecule has 5 nitrogen and oxygen atoms in total. The Morgan fingerprint density at radius 1 is 1.05 bits per heavy atom. The number of carbonyl (C=O) groups is 2. The van der Waals surface area contributed by atoms with Gasteiger partial charge in [-0.15, -0.1) is 0 Å². The third-order valence-corrected chi connectivity index (χ3v) is 3.35. The van der Waals surface area contributed by atoms with Gasteiger partial charge in [-0.25, -0.2) is 4.79 Å². The number of ether oxygens (including phenoxy) is 1. The average Bonchev–Trinajstić information content (AvgIpc) is 2.39. The van der Waals surface area contributed by atoms with Crippen molar-refractivity contribution in [2.75, 3.05) is 33.8 Å². The minimum absolute atomic E-state index is 0.163. The number of aliphatic carboxylic acids is 1. The van der Waals surface area contributed by atoms with Crippen molar-refractivity contribution in [1.29, 1.82) is 0 Å². The first kappa shape index (κ1) is 19.6.